The van der Waals surface area contributed by atoms with Crippen molar-refractivity contribution in [3.05, 3.63) is 64.1 Å². The maximum Gasteiger partial charge on any atom is 0.341 e. The highest BCUT2D eigenvalue weighted by Gasteiger charge is 2.11. The first-order chi connectivity index (χ1) is 9.20. The summed E-state index contributed by atoms with van der Waals surface area (Å²) in [7, 11) is 1.35. The molecule has 0 aliphatic carbocycles. The highest BCUT2D eigenvalue weighted by molar-refractivity contribution is 9.10. The number of benzene rings is 2. The lowest BCUT2D eigenvalue weighted by Crippen LogP contribution is -2.05. The number of rotatable bonds is 4. The van der Waals surface area contributed by atoms with Crippen molar-refractivity contribution >= 4 is 21.9 Å². The van der Waals surface area contributed by atoms with Crippen LogP contribution in [0.5, 0.6) is 5.75 Å². The first-order valence-corrected chi connectivity index (χ1v) is 6.54. The van der Waals surface area contributed by atoms with Crippen molar-refractivity contribution in [3.63, 3.8) is 0 Å². The van der Waals surface area contributed by atoms with E-state index in [1.807, 2.05) is 30.3 Å². The molecule has 0 aliphatic heterocycles. The average molecular weight is 321 g/mol. The molecule has 0 aliphatic rings. The van der Waals surface area contributed by atoms with E-state index in [0.29, 0.717) is 17.9 Å². The van der Waals surface area contributed by atoms with Crippen molar-refractivity contribution in [2.75, 3.05) is 7.11 Å². The Bertz CT molecular complexity index is 564. The van der Waals surface area contributed by atoms with Gasteiger partial charge in [0, 0.05) is 4.47 Å². The molecule has 19 heavy (non-hydrogen) atoms. The first-order valence-electron chi connectivity index (χ1n) is 5.75. The maximum atomic E-state index is 11.6. The molecule has 0 heterocycles. The molecule has 0 saturated carbocycles. The van der Waals surface area contributed by atoms with Gasteiger partial charge in [-0.1, -0.05) is 40.2 Å². The minimum atomic E-state index is -0.397. The largest absolute Gasteiger partial charge is 0.488 e. The van der Waals surface area contributed by atoms with Crippen molar-refractivity contribution < 1.29 is 14.3 Å². The Kier molecular flexibility index (Phi) is 4.58. The second-order valence-corrected chi connectivity index (χ2v) is 4.82. The van der Waals surface area contributed by atoms with Gasteiger partial charge in [0.05, 0.1) is 7.11 Å². The summed E-state index contributed by atoms with van der Waals surface area (Å²) >= 11 is 3.38. The Morgan fingerprint density at radius 1 is 1.11 bits per heavy atom. The molecule has 3 nitrogen and oxygen atoms in total. The van der Waals surface area contributed by atoms with E-state index >= 15 is 0 Å². The lowest BCUT2D eigenvalue weighted by atomic mass is 10.2. The van der Waals surface area contributed by atoms with Crippen molar-refractivity contribution in [3.8, 4) is 5.75 Å². The lowest BCUT2D eigenvalue weighted by molar-refractivity contribution is 0.0595. The molecule has 0 atom stereocenters. The average Bonchev–Trinajstić information content (AvgIpc) is 2.46. The van der Waals surface area contributed by atoms with Crippen molar-refractivity contribution in [1.29, 1.82) is 0 Å². The van der Waals surface area contributed by atoms with Gasteiger partial charge >= 0.3 is 5.97 Å². The maximum absolute atomic E-state index is 11.6. The Labute approximate surface area is 120 Å². The summed E-state index contributed by atoms with van der Waals surface area (Å²) < 4.78 is 11.4. The Balaban J connectivity index is 2.11. The monoisotopic (exact) mass is 320 g/mol. The van der Waals surface area contributed by atoms with Crippen LogP contribution >= 0.6 is 15.9 Å². The smallest absolute Gasteiger partial charge is 0.341 e. The summed E-state index contributed by atoms with van der Waals surface area (Å²) in [5, 5.41) is 0. The summed E-state index contributed by atoms with van der Waals surface area (Å²) in [5.74, 6) is 0.128. The molecule has 0 radical (unpaired) electrons. The fourth-order valence-electron chi connectivity index (χ4n) is 1.61. The van der Waals surface area contributed by atoms with E-state index in [-0.39, 0.29) is 0 Å². The van der Waals surface area contributed by atoms with Crippen LogP contribution in [0.4, 0.5) is 0 Å². The Morgan fingerprint density at radius 3 is 2.47 bits per heavy atom. The number of carbonyl (C=O) groups is 1. The van der Waals surface area contributed by atoms with Gasteiger partial charge in [0.15, 0.2) is 0 Å². The minimum absolute atomic E-state index is 0.397. The van der Waals surface area contributed by atoms with Crippen LogP contribution in [-0.4, -0.2) is 13.1 Å². The van der Waals surface area contributed by atoms with E-state index < -0.39 is 5.97 Å². The molecule has 2 aromatic rings. The molecule has 4 heteroatoms. The van der Waals surface area contributed by atoms with Crippen LogP contribution in [0.3, 0.4) is 0 Å². The number of ether oxygens (including phenoxy) is 2. The number of halogens is 1. The van der Waals surface area contributed by atoms with Gasteiger partial charge in [-0.15, -0.1) is 0 Å². The van der Waals surface area contributed by atoms with Crippen LogP contribution in [0.1, 0.15) is 15.9 Å². The highest BCUT2D eigenvalue weighted by Crippen LogP contribution is 2.20. The van der Waals surface area contributed by atoms with Crippen LogP contribution in [0.2, 0.25) is 0 Å². The van der Waals surface area contributed by atoms with E-state index in [0.717, 1.165) is 10.0 Å². The van der Waals surface area contributed by atoms with E-state index in [4.69, 9.17) is 9.47 Å². The predicted octanol–water partition coefficient (Wildman–Crippen LogP) is 3.81. The van der Waals surface area contributed by atoms with Gasteiger partial charge in [-0.2, -0.15) is 0 Å². The SMILES string of the molecule is COC(=O)c1ccccc1OCc1ccc(Br)cc1. The first kappa shape index (κ1) is 13.6. The zero-order chi connectivity index (χ0) is 13.7. The zero-order valence-electron chi connectivity index (χ0n) is 10.4. The summed E-state index contributed by atoms with van der Waals surface area (Å²) in [6, 6.07) is 14.9. The van der Waals surface area contributed by atoms with Crippen LogP contribution in [-0.2, 0) is 11.3 Å². The van der Waals surface area contributed by atoms with Crippen molar-refractivity contribution in [2.24, 2.45) is 0 Å². The molecule has 0 spiro atoms. The number of esters is 1. The van der Waals surface area contributed by atoms with E-state index in [1.165, 1.54) is 7.11 Å². The standard InChI is InChI=1S/C15H13BrO3/c1-18-15(17)13-4-2-3-5-14(13)19-10-11-6-8-12(16)9-7-11/h2-9H,10H2,1H3. The van der Waals surface area contributed by atoms with Crippen molar-refractivity contribution in [1.82, 2.24) is 0 Å². The van der Waals surface area contributed by atoms with Crippen molar-refractivity contribution in [2.45, 2.75) is 6.61 Å². The minimum Gasteiger partial charge on any atom is -0.488 e. The van der Waals surface area contributed by atoms with Gasteiger partial charge in [0.25, 0.3) is 0 Å². The van der Waals surface area contributed by atoms with Gasteiger partial charge in [0.2, 0.25) is 0 Å². The molecule has 0 aromatic heterocycles. The van der Waals surface area contributed by atoms with Gasteiger partial charge in [-0.25, -0.2) is 4.79 Å². The molecule has 0 fully saturated rings. The second kappa shape index (κ2) is 6.38. The molecule has 0 N–H and O–H groups in total. The van der Waals surface area contributed by atoms with E-state index in [9.17, 15) is 4.79 Å². The number of carbonyl (C=O) groups excluding carboxylic acids is 1. The summed E-state index contributed by atoms with van der Waals surface area (Å²) in [6.07, 6.45) is 0. The number of hydrogen-bond donors (Lipinski definition) is 0. The molecule has 0 unspecified atom stereocenters. The van der Waals surface area contributed by atoms with Gasteiger partial charge in [0.1, 0.15) is 17.9 Å². The number of para-hydroxylation sites is 1. The number of methoxy groups -OCH3 is 1. The van der Waals surface area contributed by atoms with Crippen LogP contribution in [0.15, 0.2) is 53.0 Å². The Morgan fingerprint density at radius 2 is 1.79 bits per heavy atom. The molecule has 0 saturated heterocycles. The van der Waals surface area contributed by atoms with Crippen LogP contribution in [0, 0.1) is 0 Å². The third-order valence-corrected chi connectivity index (χ3v) is 3.13. The van der Waals surface area contributed by atoms with Gasteiger partial charge < -0.3 is 9.47 Å². The van der Waals surface area contributed by atoms with Crippen LogP contribution < -0.4 is 4.74 Å². The fraction of sp³-hybridized carbons (Fsp3) is 0.133. The zero-order valence-corrected chi connectivity index (χ0v) is 12.0. The summed E-state index contributed by atoms with van der Waals surface area (Å²) in [5.41, 5.74) is 1.46. The Hall–Kier alpha value is -1.81. The molecule has 98 valence electrons. The lowest BCUT2D eigenvalue weighted by Gasteiger charge is -2.10. The van der Waals surface area contributed by atoms with Crippen LogP contribution in [0.25, 0.3) is 0 Å². The molecular formula is C15H13BrO3. The van der Waals surface area contributed by atoms with E-state index in [1.54, 1.807) is 18.2 Å². The fourth-order valence-corrected chi connectivity index (χ4v) is 1.88. The highest BCUT2D eigenvalue weighted by atomic mass is 79.9. The molecule has 0 amide bonds. The van der Waals surface area contributed by atoms with Gasteiger partial charge in [-0.05, 0) is 29.8 Å². The summed E-state index contributed by atoms with van der Waals surface area (Å²) in [4.78, 5) is 11.6. The summed E-state index contributed by atoms with van der Waals surface area (Å²) in [6.45, 7) is 0.404. The predicted molar refractivity (Wildman–Crippen MR) is 76.3 cm³/mol. The third kappa shape index (κ3) is 3.58. The molecular weight excluding hydrogens is 308 g/mol. The molecule has 2 aromatic carbocycles. The number of hydrogen-bond acceptors (Lipinski definition) is 3. The van der Waals surface area contributed by atoms with Gasteiger partial charge in [-0.3, -0.25) is 0 Å². The second-order valence-electron chi connectivity index (χ2n) is 3.90. The molecule has 2 rings (SSSR count). The van der Waals surface area contributed by atoms with E-state index in [2.05, 4.69) is 15.9 Å². The topological polar surface area (TPSA) is 35.5 Å². The normalized spacial score (nSPS) is 10.0. The molecule has 0 bridgehead atoms. The third-order valence-electron chi connectivity index (χ3n) is 2.60. The quantitative estimate of drug-likeness (QED) is 0.803.